The molecule has 0 unspecified atom stereocenters. The van der Waals surface area contributed by atoms with Crippen LogP contribution in [0.3, 0.4) is 0 Å². The number of nitrogens with one attached hydrogen (secondary N) is 1. The summed E-state index contributed by atoms with van der Waals surface area (Å²) in [6.07, 6.45) is 1.66. The highest BCUT2D eigenvalue weighted by atomic mass is 35.5. The second-order valence-electron chi connectivity index (χ2n) is 3.54. The summed E-state index contributed by atoms with van der Waals surface area (Å²) in [6, 6.07) is 7.19. The molecule has 1 aromatic rings. The van der Waals surface area contributed by atoms with Gasteiger partial charge in [0.1, 0.15) is 0 Å². The molecule has 2 amide bonds. The van der Waals surface area contributed by atoms with Crippen LogP contribution in [-0.2, 0) is 9.59 Å². The van der Waals surface area contributed by atoms with Gasteiger partial charge in [0.15, 0.2) is 5.17 Å². The number of rotatable bonds is 1. The molecule has 0 spiro atoms. The Balaban J connectivity index is 2.20. The number of amides is 2. The molecule has 0 aromatic heterocycles. The molecule has 6 heteroatoms. The third-order valence-corrected chi connectivity index (χ3v) is 3.34. The molecule has 0 saturated carbocycles. The first-order chi connectivity index (χ1) is 8.56. The van der Waals surface area contributed by atoms with Gasteiger partial charge in [0.25, 0.3) is 5.91 Å². The van der Waals surface area contributed by atoms with Crippen molar-refractivity contribution in [3.8, 4) is 0 Å². The van der Waals surface area contributed by atoms with Crippen molar-refractivity contribution in [3.05, 3.63) is 39.8 Å². The molecule has 1 N–H and O–H groups in total. The molecule has 1 heterocycles. The van der Waals surface area contributed by atoms with E-state index in [-0.39, 0.29) is 11.8 Å². The van der Waals surface area contributed by atoms with Gasteiger partial charge >= 0.3 is 0 Å². The Morgan fingerprint density at radius 1 is 1.44 bits per heavy atom. The van der Waals surface area contributed by atoms with Gasteiger partial charge in [-0.1, -0.05) is 29.8 Å². The van der Waals surface area contributed by atoms with E-state index in [1.807, 2.05) is 12.1 Å². The maximum atomic E-state index is 11.6. The molecular weight excluding hydrogens is 272 g/mol. The topological polar surface area (TPSA) is 58.5 Å². The number of carbonyl (C=O) groups is 2. The number of aliphatic imine (C=N–C) groups is 1. The molecule has 0 aliphatic carbocycles. The second-order valence-corrected chi connectivity index (χ2v) is 4.97. The van der Waals surface area contributed by atoms with Gasteiger partial charge < -0.3 is 5.32 Å². The number of halogens is 1. The third kappa shape index (κ3) is 3.00. The van der Waals surface area contributed by atoms with Crippen LogP contribution in [-0.4, -0.2) is 17.0 Å². The molecule has 1 aromatic carbocycles. The van der Waals surface area contributed by atoms with Gasteiger partial charge in [-0.3, -0.25) is 9.59 Å². The van der Waals surface area contributed by atoms with Crippen LogP contribution >= 0.6 is 23.4 Å². The third-order valence-electron chi connectivity index (χ3n) is 2.10. The van der Waals surface area contributed by atoms with Crippen LogP contribution in [0.15, 0.2) is 34.2 Å². The highest BCUT2D eigenvalue weighted by molar-refractivity contribution is 8.18. The van der Waals surface area contributed by atoms with E-state index in [0.717, 1.165) is 17.3 Å². The van der Waals surface area contributed by atoms with Crippen molar-refractivity contribution in [2.45, 2.75) is 6.92 Å². The van der Waals surface area contributed by atoms with E-state index in [2.05, 4.69) is 10.3 Å². The Kier molecular flexibility index (Phi) is 3.84. The molecule has 1 aliphatic heterocycles. The fourth-order valence-corrected chi connectivity index (χ4v) is 2.39. The van der Waals surface area contributed by atoms with Crippen LogP contribution in [0.1, 0.15) is 12.5 Å². The zero-order valence-electron chi connectivity index (χ0n) is 9.44. The molecule has 0 fully saturated rings. The monoisotopic (exact) mass is 280 g/mol. The molecule has 18 heavy (non-hydrogen) atoms. The van der Waals surface area contributed by atoms with Gasteiger partial charge in [-0.05, 0) is 29.5 Å². The van der Waals surface area contributed by atoms with E-state index < -0.39 is 0 Å². The Hall–Kier alpha value is -1.59. The summed E-state index contributed by atoms with van der Waals surface area (Å²) in [4.78, 5) is 26.6. The number of thioether (sulfide) groups is 1. The Labute approximate surface area is 113 Å². The summed E-state index contributed by atoms with van der Waals surface area (Å²) >= 11 is 7.12. The molecular formula is C12H9ClN2O2S. The maximum Gasteiger partial charge on any atom is 0.286 e. The van der Waals surface area contributed by atoms with Crippen molar-refractivity contribution in [2.75, 3.05) is 0 Å². The number of hydrogen-bond donors (Lipinski definition) is 1. The van der Waals surface area contributed by atoms with Gasteiger partial charge in [-0.15, -0.1) is 0 Å². The molecule has 0 saturated heterocycles. The van der Waals surface area contributed by atoms with E-state index in [1.54, 1.807) is 18.2 Å². The quantitative estimate of drug-likeness (QED) is 0.804. The number of benzene rings is 1. The first-order valence-electron chi connectivity index (χ1n) is 5.11. The first kappa shape index (κ1) is 12.9. The minimum Gasteiger partial charge on any atom is -0.305 e. The highest BCUT2D eigenvalue weighted by Gasteiger charge is 2.22. The van der Waals surface area contributed by atoms with E-state index in [0.29, 0.717) is 15.1 Å². The minimum absolute atomic E-state index is 0.256. The molecule has 1 aliphatic rings. The second kappa shape index (κ2) is 5.37. The number of carbonyl (C=O) groups excluding carboxylic acids is 2. The number of hydrogen-bond acceptors (Lipinski definition) is 3. The lowest BCUT2D eigenvalue weighted by atomic mass is 10.2. The van der Waals surface area contributed by atoms with Crippen molar-refractivity contribution in [1.29, 1.82) is 0 Å². The molecule has 0 atom stereocenters. The Morgan fingerprint density at radius 3 is 2.83 bits per heavy atom. The van der Waals surface area contributed by atoms with E-state index in [4.69, 9.17) is 11.6 Å². The van der Waals surface area contributed by atoms with Gasteiger partial charge in [-0.25, -0.2) is 0 Å². The standard InChI is InChI=1S/C12H9ClN2O2S/c1-7(16)14-12-15-11(17)10(18-12)6-8-4-2-3-5-9(8)13/h2-6H,1H3,(H,14,15,16,17)/b10-6+. The molecule has 0 radical (unpaired) electrons. The number of amidine groups is 1. The van der Waals surface area contributed by atoms with Crippen molar-refractivity contribution < 1.29 is 9.59 Å². The van der Waals surface area contributed by atoms with Gasteiger partial charge in [0.2, 0.25) is 5.91 Å². The predicted octanol–water partition coefficient (Wildman–Crippen LogP) is 2.45. The van der Waals surface area contributed by atoms with Crippen molar-refractivity contribution in [2.24, 2.45) is 4.99 Å². The van der Waals surface area contributed by atoms with Gasteiger partial charge in [-0.2, -0.15) is 4.99 Å². The summed E-state index contributed by atoms with van der Waals surface area (Å²) in [5.74, 6) is -0.628. The van der Waals surface area contributed by atoms with Crippen molar-refractivity contribution in [1.82, 2.24) is 5.32 Å². The lowest BCUT2D eigenvalue weighted by molar-refractivity contribution is -0.117. The average Bonchev–Trinajstić information content (AvgIpc) is 2.61. The Morgan fingerprint density at radius 2 is 2.17 bits per heavy atom. The van der Waals surface area contributed by atoms with Crippen molar-refractivity contribution in [3.63, 3.8) is 0 Å². The SMILES string of the molecule is CC(=O)NC1=NC(=O)/C(=C\c2ccccc2Cl)S1. The van der Waals surface area contributed by atoms with Crippen molar-refractivity contribution >= 4 is 46.4 Å². The lowest BCUT2D eigenvalue weighted by Crippen LogP contribution is -2.23. The Bertz CT molecular complexity index is 581. The predicted molar refractivity (Wildman–Crippen MR) is 73.3 cm³/mol. The van der Waals surface area contributed by atoms with Gasteiger partial charge in [0.05, 0.1) is 4.91 Å². The summed E-state index contributed by atoms with van der Waals surface area (Å²) in [5, 5.41) is 3.34. The van der Waals surface area contributed by atoms with E-state index in [9.17, 15) is 9.59 Å². The maximum absolute atomic E-state index is 11.6. The normalized spacial score (nSPS) is 16.9. The fraction of sp³-hybridized carbons (Fsp3) is 0.0833. The average molecular weight is 281 g/mol. The number of nitrogens with zero attached hydrogens (tertiary/aromatic N) is 1. The summed E-state index contributed by atoms with van der Waals surface area (Å²) in [6.45, 7) is 1.36. The van der Waals surface area contributed by atoms with E-state index >= 15 is 0 Å². The van der Waals surface area contributed by atoms with Crippen LogP contribution in [0.4, 0.5) is 0 Å². The molecule has 0 bridgehead atoms. The first-order valence-corrected chi connectivity index (χ1v) is 6.30. The largest absolute Gasteiger partial charge is 0.305 e. The summed E-state index contributed by atoms with van der Waals surface area (Å²) in [5.41, 5.74) is 0.745. The van der Waals surface area contributed by atoms with Crippen LogP contribution in [0.5, 0.6) is 0 Å². The minimum atomic E-state index is -0.372. The lowest BCUT2D eigenvalue weighted by Gasteiger charge is -1.99. The molecule has 4 nitrogen and oxygen atoms in total. The zero-order chi connectivity index (χ0) is 13.1. The van der Waals surface area contributed by atoms with Gasteiger partial charge in [0, 0.05) is 11.9 Å². The van der Waals surface area contributed by atoms with Crippen LogP contribution < -0.4 is 5.32 Å². The smallest absolute Gasteiger partial charge is 0.286 e. The van der Waals surface area contributed by atoms with Crippen LogP contribution in [0.25, 0.3) is 6.08 Å². The van der Waals surface area contributed by atoms with Crippen LogP contribution in [0.2, 0.25) is 5.02 Å². The van der Waals surface area contributed by atoms with E-state index in [1.165, 1.54) is 6.92 Å². The zero-order valence-corrected chi connectivity index (χ0v) is 11.0. The van der Waals surface area contributed by atoms with Crippen LogP contribution in [0, 0.1) is 0 Å². The summed E-state index contributed by atoms with van der Waals surface area (Å²) < 4.78 is 0. The fourth-order valence-electron chi connectivity index (χ4n) is 1.35. The highest BCUT2D eigenvalue weighted by Crippen LogP contribution is 2.29. The molecule has 92 valence electrons. The summed E-state index contributed by atoms with van der Waals surface area (Å²) in [7, 11) is 0. The molecule has 2 rings (SSSR count).